The summed E-state index contributed by atoms with van der Waals surface area (Å²) in [6.07, 6.45) is -1.78. The quantitative estimate of drug-likeness (QED) is 0.174. The molecule has 9 N–H and O–H groups in total. The zero-order valence-corrected chi connectivity index (χ0v) is 17.8. The number of nitrogens with two attached hydrogens (primary N) is 2. The van der Waals surface area contributed by atoms with Crippen LogP contribution in [0.4, 0.5) is 0 Å². The van der Waals surface area contributed by atoms with Crippen LogP contribution in [0.25, 0.3) is 0 Å². The average Bonchev–Trinajstić information content (AvgIpc) is 2.60. The summed E-state index contributed by atoms with van der Waals surface area (Å²) in [6, 6.07) is -5.09. The monoisotopic (exact) mass is 431 g/mol. The zero-order valence-electron chi connectivity index (χ0n) is 17.8. The molecular weight excluding hydrogens is 398 g/mol. The van der Waals surface area contributed by atoms with E-state index in [-0.39, 0.29) is 0 Å². The van der Waals surface area contributed by atoms with Crippen molar-refractivity contribution in [2.75, 3.05) is 0 Å². The Kier molecular flexibility index (Phi) is 11.0. The van der Waals surface area contributed by atoms with Crippen LogP contribution in [-0.2, 0) is 24.0 Å². The van der Waals surface area contributed by atoms with Gasteiger partial charge in [0.15, 0.2) is 0 Å². The molecule has 172 valence electrons. The number of aliphatic carboxylic acids is 1. The van der Waals surface area contributed by atoms with Crippen LogP contribution in [-0.4, -0.2) is 70.1 Å². The standard InChI is InChI=1S/C18H33N5O7/c1-7(2)13(17(28)23-14(8(3)4)18(29)30)22-15(26)10(6-11(19)25)21-16(27)12(20)9(5)24/h7-10,12-14,24H,6,20H2,1-5H3,(H2,19,25)(H,21,27)(H,22,26)(H,23,28)(H,29,30). The third-order valence-electron chi connectivity index (χ3n) is 4.34. The summed E-state index contributed by atoms with van der Waals surface area (Å²) in [6.45, 7) is 7.76. The van der Waals surface area contributed by atoms with Gasteiger partial charge in [0.2, 0.25) is 23.6 Å². The van der Waals surface area contributed by atoms with Crippen LogP contribution >= 0.6 is 0 Å². The van der Waals surface area contributed by atoms with Crippen LogP contribution in [0.2, 0.25) is 0 Å². The predicted octanol–water partition coefficient (Wildman–Crippen LogP) is -2.58. The second kappa shape index (κ2) is 12.1. The highest BCUT2D eigenvalue weighted by Gasteiger charge is 2.33. The fourth-order valence-electron chi connectivity index (χ4n) is 2.44. The van der Waals surface area contributed by atoms with Crippen molar-refractivity contribution >= 4 is 29.6 Å². The van der Waals surface area contributed by atoms with E-state index in [1.807, 2.05) is 0 Å². The normalized spacial score (nSPS) is 16.2. The second-order valence-electron chi connectivity index (χ2n) is 7.80. The molecule has 0 aliphatic heterocycles. The van der Waals surface area contributed by atoms with Crippen molar-refractivity contribution < 1.29 is 34.2 Å². The van der Waals surface area contributed by atoms with Crippen LogP contribution in [0.5, 0.6) is 0 Å². The lowest BCUT2D eigenvalue weighted by Crippen LogP contribution is -2.60. The van der Waals surface area contributed by atoms with Gasteiger partial charge in [0.1, 0.15) is 24.2 Å². The van der Waals surface area contributed by atoms with Crippen LogP contribution in [0.3, 0.4) is 0 Å². The minimum Gasteiger partial charge on any atom is -0.480 e. The molecule has 5 atom stereocenters. The van der Waals surface area contributed by atoms with Gasteiger partial charge in [-0.05, 0) is 18.8 Å². The molecule has 4 amide bonds. The van der Waals surface area contributed by atoms with Crippen LogP contribution in [0, 0.1) is 11.8 Å². The van der Waals surface area contributed by atoms with Gasteiger partial charge in [0.05, 0.1) is 12.5 Å². The lowest BCUT2D eigenvalue weighted by Gasteiger charge is -2.27. The molecule has 0 aromatic heterocycles. The molecule has 0 radical (unpaired) electrons. The first-order valence-electron chi connectivity index (χ1n) is 9.54. The summed E-state index contributed by atoms with van der Waals surface area (Å²) in [5, 5.41) is 25.7. The maximum absolute atomic E-state index is 12.6. The Morgan fingerprint density at radius 3 is 1.63 bits per heavy atom. The number of carbonyl (C=O) groups is 5. The Morgan fingerprint density at radius 2 is 1.27 bits per heavy atom. The largest absolute Gasteiger partial charge is 0.480 e. The van der Waals surface area contributed by atoms with Crippen LogP contribution < -0.4 is 27.4 Å². The van der Waals surface area contributed by atoms with E-state index in [1.165, 1.54) is 6.92 Å². The summed E-state index contributed by atoms with van der Waals surface area (Å²) >= 11 is 0. The number of carbonyl (C=O) groups excluding carboxylic acids is 4. The van der Waals surface area contributed by atoms with Crippen molar-refractivity contribution in [1.82, 2.24) is 16.0 Å². The first-order chi connectivity index (χ1) is 13.7. The smallest absolute Gasteiger partial charge is 0.326 e. The van der Waals surface area contributed by atoms with Gasteiger partial charge in [-0.3, -0.25) is 19.2 Å². The fourth-order valence-corrected chi connectivity index (χ4v) is 2.44. The zero-order chi connectivity index (χ0) is 23.8. The number of hydrogen-bond acceptors (Lipinski definition) is 7. The molecule has 0 saturated carbocycles. The molecule has 0 spiro atoms. The average molecular weight is 431 g/mol. The number of primary amides is 1. The van der Waals surface area contributed by atoms with Crippen LogP contribution in [0.15, 0.2) is 0 Å². The SMILES string of the molecule is CC(C)C(NC(=O)C(NC(=O)C(CC(N)=O)NC(=O)C(N)C(C)O)C(C)C)C(=O)O. The molecule has 0 aliphatic carbocycles. The Bertz CT molecular complexity index is 651. The third kappa shape index (κ3) is 8.74. The number of aliphatic hydroxyl groups is 1. The summed E-state index contributed by atoms with van der Waals surface area (Å²) in [5.41, 5.74) is 10.6. The fraction of sp³-hybridized carbons (Fsp3) is 0.722. The lowest BCUT2D eigenvalue weighted by atomic mass is 9.99. The molecule has 0 aromatic carbocycles. The number of carboxylic acids is 1. The Balaban J connectivity index is 5.46. The highest BCUT2D eigenvalue weighted by atomic mass is 16.4. The first-order valence-corrected chi connectivity index (χ1v) is 9.54. The van der Waals surface area contributed by atoms with Gasteiger partial charge >= 0.3 is 5.97 Å². The van der Waals surface area contributed by atoms with Crippen molar-refractivity contribution in [3.8, 4) is 0 Å². The van der Waals surface area contributed by atoms with Gasteiger partial charge in [0.25, 0.3) is 0 Å². The van der Waals surface area contributed by atoms with Gasteiger partial charge < -0.3 is 37.6 Å². The maximum Gasteiger partial charge on any atom is 0.326 e. The van der Waals surface area contributed by atoms with E-state index < -0.39 is 78.1 Å². The van der Waals surface area contributed by atoms with Gasteiger partial charge in [-0.1, -0.05) is 27.7 Å². The number of nitrogens with one attached hydrogen (secondary N) is 3. The number of amides is 4. The molecule has 0 rings (SSSR count). The Morgan fingerprint density at radius 1 is 0.800 bits per heavy atom. The molecule has 12 heteroatoms. The van der Waals surface area contributed by atoms with E-state index in [0.717, 1.165) is 0 Å². The van der Waals surface area contributed by atoms with E-state index >= 15 is 0 Å². The molecule has 0 saturated heterocycles. The maximum atomic E-state index is 12.6. The third-order valence-corrected chi connectivity index (χ3v) is 4.34. The molecule has 5 unspecified atom stereocenters. The van der Waals surface area contributed by atoms with Crippen molar-refractivity contribution in [3.63, 3.8) is 0 Å². The summed E-state index contributed by atoms with van der Waals surface area (Å²) in [7, 11) is 0. The number of aliphatic hydroxyl groups excluding tert-OH is 1. The van der Waals surface area contributed by atoms with Crippen molar-refractivity contribution in [3.05, 3.63) is 0 Å². The predicted molar refractivity (Wildman–Crippen MR) is 107 cm³/mol. The second-order valence-corrected chi connectivity index (χ2v) is 7.80. The topological polar surface area (TPSA) is 214 Å². The van der Waals surface area contributed by atoms with E-state index in [1.54, 1.807) is 27.7 Å². The Labute approximate surface area is 175 Å². The lowest BCUT2D eigenvalue weighted by molar-refractivity contribution is -0.144. The molecule has 0 aromatic rings. The van der Waals surface area contributed by atoms with Gasteiger partial charge in [-0.25, -0.2) is 4.79 Å². The number of carboxylic acid groups (broad SMARTS) is 1. The first kappa shape index (κ1) is 27.3. The van der Waals surface area contributed by atoms with Crippen molar-refractivity contribution in [2.45, 2.75) is 71.3 Å². The molecule has 0 heterocycles. The van der Waals surface area contributed by atoms with Crippen LogP contribution in [0.1, 0.15) is 41.0 Å². The van der Waals surface area contributed by atoms with Gasteiger partial charge in [0, 0.05) is 0 Å². The number of hydrogen-bond donors (Lipinski definition) is 7. The summed E-state index contributed by atoms with van der Waals surface area (Å²) in [5.74, 6) is -5.47. The highest BCUT2D eigenvalue weighted by Crippen LogP contribution is 2.07. The minimum absolute atomic E-state index is 0.404. The molecule has 0 fully saturated rings. The summed E-state index contributed by atoms with van der Waals surface area (Å²) in [4.78, 5) is 59.9. The highest BCUT2D eigenvalue weighted by molar-refractivity contribution is 5.96. The van der Waals surface area contributed by atoms with E-state index in [4.69, 9.17) is 11.5 Å². The molecule has 30 heavy (non-hydrogen) atoms. The van der Waals surface area contributed by atoms with Gasteiger partial charge in [-0.2, -0.15) is 0 Å². The van der Waals surface area contributed by atoms with Gasteiger partial charge in [-0.15, -0.1) is 0 Å². The van der Waals surface area contributed by atoms with Crippen molar-refractivity contribution in [1.29, 1.82) is 0 Å². The molecule has 0 aliphatic rings. The van der Waals surface area contributed by atoms with Crippen molar-refractivity contribution in [2.24, 2.45) is 23.3 Å². The Hall–Kier alpha value is -2.73. The molecule has 12 nitrogen and oxygen atoms in total. The van der Waals surface area contributed by atoms with E-state index in [9.17, 15) is 34.2 Å². The number of rotatable bonds is 12. The molecule has 0 bridgehead atoms. The van der Waals surface area contributed by atoms with E-state index in [0.29, 0.717) is 0 Å². The van der Waals surface area contributed by atoms with E-state index in [2.05, 4.69) is 16.0 Å². The molecular formula is C18H33N5O7. The summed E-state index contributed by atoms with van der Waals surface area (Å²) < 4.78 is 0. The minimum atomic E-state index is -1.44.